The quantitative estimate of drug-likeness (QED) is 0.776. The molecule has 4 amide bonds. The van der Waals surface area contributed by atoms with Crippen LogP contribution >= 0.6 is 11.8 Å². The number of benzene rings is 1. The highest BCUT2D eigenvalue weighted by molar-refractivity contribution is 7.99. The molecule has 6 nitrogen and oxygen atoms in total. The van der Waals surface area contributed by atoms with E-state index in [0.717, 1.165) is 5.56 Å². The van der Waals surface area contributed by atoms with Gasteiger partial charge in [0, 0.05) is 13.1 Å². The van der Waals surface area contributed by atoms with E-state index in [4.69, 9.17) is 0 Å². The highest BCUT2D eigenvalue weighted by Crippen LogP contribution is 2.30. The monoisotopic (exact) mass is 347 g/mol. The van der Waals surface area contributed by atoms with Gasteiger partial charge in [-0.25, -0.2) is 4.79 Å². The first-order chi connectivity index (χ1) is 11.5. The Bertz CT molecular complexity index is 652. The number of nitrogens with zero attached hydrogens (tertiary/aromatic N) is 3. The summed E-state index contributed by atoms with van der Waals surface area (Å²) in [5, 5.41) is 0. The number of fused-ring (bicyclic) bond motifs is 1. The lowest BCUT2D eigenvalue weighted by molar-refractivity contribution is -0.135. The average Bonchev–Trinajstić information content (AvgIpc) is 2.86. The zero-order valence-corrected chi connectivity index (χ0v) is 14.7. The van der Waals surface area contributed by atoms with Gasteiger partial charge in [-0.3, -0.25) is 14.5 Å². The molecule has 2 atom stereocenters. The number of amides is 4. The van der Waals surface area contributed by atoms with E-state index in [0.29, 0.717) is 25.4 Å². The van der Waals surface area contributed by atoms with Crippen LogP contribution in [-0.4, -0.2) is 70.2 Å². The van der Waals surface area contributed by atoms with Crippen LogP contribution in [0.4, 0.5) is 4.79 Å². The topological polar surface area (TPSA) is 60.9 Å². The normalized spacial score (nSPS) is 21.9. The van der Waals surface area contributed by atoms with Crippen LogP contribution in [-0.2, 0) is 9.59 Å². The maximum absolute atomic E-state index is 12.8. The standard InChI is InChI=1S/C17H21N3O3S/c1-12(13-6-4-3-5-7-13)20-16(22)14-10-18(15(21)11-24-2)8-9-19(14)17(20)23/h3-7,12,14H,8-11H2,1-2H3/t12-,14+/m1/s1. The zero-order valence-electron chi connectivity index (χ0n) is 13.8. The Kier molecular flexibility index (Phi) is 4.80. The van der Waals surface area contributed by atoms with Gasteiger partial charge in [0.25, 0.3) is 5.91 Å². The van der Waals surface area contributed by atoms with Crippen molar-refractivity contribution in [2.45, 2.75) is 19.0 Å². The highest BCUT2D eigenvalue weighted by Gasteiger charge is 2.49. The van der Waals surface area contributed by atoms with Crippen LogP contribution in [0, 0.1) is 0 Å². The lowest BCUT2D eigenvalue weighted by Gasteiger charge is -2.35. The Hall–Kier alpha value is -2.02. The van der Waals surface area contributed by atoms with Crippen molar-refractivity contribution in [2.24, 2.45) is 0 Å². The molecule has 0 radical (unpaired) electrons. The number of piperazine rings is 1. The van der Waals surface area contributed by atoms with Crippen LogP contribution in [0.2, 0.25) is 0 Å². The van der Waals surface area contributed by atoms with Crippen molar-refractivity contribution in [3.8, 4) is 0 Å². The highest BCUT2D eigenvalue weighted by atomic mass is 32.2. The molecule has 7 heteroatoms. The maximum Gasteiger partial charge on any atom is 0.328 e. The van der Waals surface area contributed by atoms with E-state index in [-0.39, 0.29) is 23.9 Å². The van der Waals surface area contributed by atoms with Crippen LogP contribution in [0.3, 0.4) is 0 Å². The minimum atomic E-state index is -0.553. The Morgan fingerprint density at radius 3 is 2.62 bits per heavy atom. The fraction of sp³-hybridized carbons (Fsp3) is 0.471. The Labute approximate surface area is 145 Å². The lowest BCUT2D eigenvalue weighted by Crippen LogP contribution is -2.55. The van der Waals surface area contributed by atoms with E-state index in [9.17, 15) is 14.4 Å². The third kappa shape index (κ3) is 2.88. The molecule has 128 valence electrons. The van der Waals surface area contributed by atoms with E-state index in [1.165, 1.54) is 16.7 Å². The van der Waals surface area contributed by atoms with Gasteiger partial charge in [0.05, 0.1) is 18.3 Å². The van der Waals surface area contributed by atoms with E-state index in [1.54, 1.807) is 9.80 Å². The summed E-state index contributed by atoms with van der Waals surface area (Å²) in [6.07, 6.45) is 1.88. The molecule has 0 saturated carbocycles. The largest absolute Gasteiger partial charge is 0.338 e. The van der Waals surface area contributed by atoms with Gasteiger partial charge in [0.15, 0.2) is 0 Å². The smallest absolute Gasteiger partial charge is 0.328 e. The minimum absolute atomic E-state index is 0.0250. The summed E-state index contributed by atoms with van der Waals surface area (Å²) in [7, 11) is 0. The molecule has 3 rings (SSSR count). The summed E-state index contributed by atoms with van der Waals surface area (Å²) < 4.78 is 0. The van der Waals surface area contributed by atoms with Crippen molar-refractivity contribution < 1.29 is 14.4 Å². The second-order valence-electron chi connectivity index (χ2n) is 6.06. The van der Waals surface area contributed by atoms with Gasteiger partial charge in [-0.05, 0) is 18.7 Å². The van der Waals surface area contributed by atoms with Crippen molar-refractivity contribution in [1.29, 1.82) is 0 Å². The number of carbonyl (C=O) groups is 3. The fourth-order valence-electron chi connectivity index (χ4n) is 3.29. The summed E-state index contributed by atoms with van der Waals surface area (Å²) in [5.74, 6) is 0.217. The molecular weight excluding hydrogens is 326 g/mol. The first-order valence-corrected chi connectivity index (χ1v) is 9.39. The van der Waals surface area contributed by atoms with E-state index >= 15 is 0 Å². The molecule has 0 bridgehead atoms. The number of thioether (sulfide) groups is 1. The molecule has 2 aliphatic heterocycles. The summed E-state index contributed by atoms with van der Waals surface area (Å²) in [6, 6.07) is 8.41. The fourth-order valence-corrected chi connectivity index (χ4v) is 3.72. The molecule has 24 heavy (non-hydrogen) atoms. The van der Waals surface area contributed by atoms with Crippen LogP contribution in [0.25, 0.3) is 0 Å². The minimum Gasteiger partial charge on any atom is -0.338 e. The second-order valence-corrected chi connectivity index (χ2v) is 6.93. The number of hydrogen-bond acceptors (Lipinski definition) is 4. The predicted molar refractivity (Wildman–Crippen MR) is 92.6 cm³/mol. The number of urea groups is 1. The molecule has 2 fully saturated rings. The van der Waals surface area contributed by atoms with Gasteiger partial charge in [-0.15, -0.1) is 0 Å². The molecule has 0 aliphatic carbocycles. The summed E-state index contributed by atoms with van der Waals surface area (Å²) in [6.45, 7) is 3.05. The molecular formula is C17H21N3O3S. The Balaban J connectivity index is 1.78. The molecule has 1 aromatic rings. The van der Waals surface area contributed by atoms with Gasteiger partial charge < -0.3 is 9.80 Å². The van der Waals surface area contributed by atoms with Crippen LogP contribution in [0.15, 0.2) is 30.3 Å². The van der Waals surface area contributed by atoms with E-state index in [1.807, 2.05) is 43.5 Å². The first kappa shape index (κ1) is 16.8. The second kappa shape index (κ2) is 6.84. The number of rotatable bonds is 4. The molecule has 0 aromatic heterocycles. The third-order valence-corrected chi connectivity index (χ3v) is 5.18. The predicted octanol–water partition coefficient (Wildman–Crippen LogP) is 1.59. The van der Waals surface area contributed by atoms with Gasteiger partial charge in [-0.1, -0.05) is 30.3 Å². The van der Waals surface area contributed by atoms with Gasteiger partial charge in [-0.2, -0.15) is 11.8 Å². The van der Waals surface area contributed by atoms with E-state index in [2.05, 4.69) is 0 Å². The van der Waals surface area contributed by atoms with Crippen LogP contribution in [0.5, 0.6) is 0 Å². The number of hydrogen-bond donors (Lipinski definition) is 0. The van der Waals surface area contributed by atoms with Gasteiger partial charge in [0.1, 0.15) is 6.04 Å². The lowest BCUT2D eigenvalue weighted by atomic mass is 10.1. The molecule has 2 aliphatic rings. The van der Waals surface area contributed by atoms with E-state index < -0.39 is 6.04 Å². The van der Waals surface area contributed by atoms with Crippen molar-refractivity contribution in [3.63, 3.8) is 0 Å². The average molecular weight is 347 g/mol. The maximum atomic E-state index is 12.8. The van der Waals surface area contributed by atoms with Crippen molar-refractivity contribution >= 4 is 29.6 Å². The van der Waals surface area contributed by atoms with Crippen LogP contribution in [0.1, 0.15) is 18.5 Å². The number of carbonyl (C=O) groups excluding carboxylic acids is 3. The molecule has 0 unspecified atom stereocenters. The zero-order chi connectivity index (χ0) is 17.3. The van der Waals surface area contributed by atoms with Crippen LogP contribution < -0.4 is 0 Å². The summed E-state index contributed by atoms with van der Waals surface area (Å²) >= 11 is 1.47. The Morgan fingerprint density at radius 1 is 1.25 bits per heavy atom. The summed E-state index contributed by atoms with van der Waals surface area (Å²) in [5.41, 5.74) is 0.925. The van der Waals surface area contributed by atoms with Crippen molar-refractivity contribution in [2.75, 3.05) is 31.6 Å². The molecule has 2 saturated heterocycles. The first-order valence-electron chi connectivity index (χ1n) is 8.00. The Morgan fingerprint density at radius 2 is 1.96 bits per heavy atom. The molecule has 0 N–H and O–H groups in total. The van der Waals surface area contributed by atoms with Gasteiger partial charge in [0.2, 0.25) is 5.91 Å². The van der Waals surface area contributed by atoms with Crippen molar-refractivity contribution in [1.82, 2.24) is 14.7 Å². The molecule has 1 aromatic carbocycles. The molecule has 2 heterocycles. The SMILES string of the molecule is CSCC(=O)N1CCN2C(=O)N([C@H](C)c3ccccc3)C(=O)[C@@H]2C1. The van der Waals surface area contributed by atoms with Crippen molar-refractivity contribution in [3.05, 3.63) is 35.9 Å². The third-order valence-electron chi connectivity index (χ3n) is 4.64. The summed E-state index contributed by atoms with van der Waals surface area (Å²) in [4.78, 5) is 42.2. The number of imide groups is 1. The molecule has 0 spiro atoms. The van der Waals surface area contributed by atoms with Gasteiger partial charge >= 0.3 is 6.03 Å².